The van der Waals surface area contributed by atoms with E-state index in [1.54, 1.807) is 10.9 Å². The van der Waals surface area contributed by atoms with Crippen molar-refractivity contribution in [2.75, 3.05) is 0 Å². The van der Waals surface area contributed by atoms with Crippen LogP contribution in [0.4, 0.5) is 0 Å². The third kappa shape index (κ3) is 1.82. The van der Waals surface area contributed by atoms with E-state index in [0.717, 1.165) is 11.5 Å². The first kappa shape index (κ1) is 8.96. The van der Waals surface area contributed by atoms with Crippen molar-refractivity contribution in [3.63, 3.8) is 0 Å². The molecule has 2 aromatic heterocycles. The Labute approximate surface area is 81.5 Å². The number of nitrogens with zero attached hydrogens (tertiary/aromatic N) is 3. The Kier molecular flexibility index (Phi) is 2.32. The normalized spacial score (nSPS) is 13.0. The predicted molar refractivity (Wildman–Crippen MR) is 50.4 cm³/mol. The van der Waals surface area contributed by atoms with Crippen LogP contribution in [-0.2, 0) is 6.54 Å². The zero-order valence-electron chi connectivity index (χ0n) is 7.92. The minimum absolute atomic E-state index is 0.0830. The lowest BCUT2D eigenvalue weighted by Gasteiger charge is -1.96. The Morgan fingerprint density at radius 3 is 3.07 bits per heavy atom. The molecule has 0 bridgehead atoms. The van der Waals surface area contributed by atoms with Gasteiger partial charge in [-0.05, 0) is 19.1 Å². The fourth-order valence-electron chi connectivity index (χ4n) is 1.16. The van der Waals surface area contributed by atoms with Gasteiger partial charge in [-0.25, -0.2) is 4.68 Å². The minimum Gasteiger partial charge on any atom is -0.467 e. The van der Waals surface area contributed by atoms with Crippen molar-refractivity contribution in [1.82, 2.24) is 15.0 Å². The quantitative estimate of drug-likeness (QED) is 0.785. The summed E-state index contributed by atoms with van der Waals surface area (Å²) in [5, 5.41) is 7.88. The molecule has 2 heterocycles. The molecule has 0 aliphatic rings. The smallest absolute Gasteiger partial charge is 0.125 e. The molecule has 0 saturated carbocycles. The Hall–Kier alpha value is -1.62. The lowest BCUT2D eigenvalue weighted by atomic mass is 10.3. The lowest BCUT2D eigenvalue weighted by Crippen LogP contribution is -2.05. The largest absolute Gasteiger partial charge is 0.467 e. The number of hydrogen-bond donors (Lipinski definition) is 1. The van der Waals surface area contributed by atoms with Gasteiger partial charge in [0.15, 0.2) is 0 Å². The second kappa shape index (κ2) is 3.63. The first-order valence-corrected chi connectivity index (χ1v) is 4.43. The van der Waals surface area contributed by atoms with E-state index in [1.807, 2.05) is 25.3 Å². The van der Waals surface area contributed by atoms with E-state index in [4.69, 9.17) is 10.2 Å². The first-order chi connectivity index (χ1) is 6.75. The standard InChI is InChI=1S/C9H12N4O/c1-7(10)9-6-13(12-11-9)5-8-3-2-4-14-8/h2-4,6-7H,5,10H2,1H3. The molecule has 2 aromatic rings. The summed E-state index contributed by atoms with van der Waals surface area (Å²) in [4.78, 5) is 0. The van der Waals surface area contributed by atoms with Crippen LogP contribution in [0.25, 0.3) is 0 Å². The molecular weight excluding hydrogens is 180 g/mol. The number of hydrogen-bond acceptors (Lipinski definition) is 4. The zero-order valence-corrected chi connectivity index (χ0v) is 7.92. The van der Waals surface area contributed by atoms with E-state index in [2.05, 4.69) is 10.3 Å². The van der Waals surface area contributed by atoms with E-state index in [9.17, 15) is 0 Å². The highest BCUT2D eigenvalue weighted by atomic mass is 16.3. The van der Waals surface area contributed by atoms with Gasteiger partial charge >= 0.3 is 0 Å². The summed E-state index contributed by atoms with van der Waals surface area (Å²) in [5.74, 6) is 0.853. The zero-order chi connectivity index (χ0) is 9.97. The van der Waals surface area contributed by atoms with Gasteiger partial charge < -0.3 is 10.2 Å². The minimum atomic E-state index is -0.0830. The van der Waals surface area contributed by atoms with Gasteiger partial charge in [-0.2, -0.15) is 0 Å². The van der Waals surface area contributed by atoms with Crippen molar-refractivity contribution >= 4 is 0 Å². The fraction of sp³-hybridized carbons (Fsp3) is 0.333. The van der Waals surface area contributed by atoms with E-state index in [0.29, 0.717) is 6.54 Å². The molecule has 1 unspecified atom stereocenters. The number of aromatic nitrogens is 3. The molecule has 0 aromatic carbocycles. The van der Waals surface area contributed by atoms with Crippen LogP contribution in [0.15, 0.2) is 29.0 Å². The van der Waals surface area contributed by atoms with Gasteiger partial charge in [0.1, 0.15) is 12.3 Å². The van der Waals surface area contributed by atoms with Crippen LogP contribution >= 0.6 is 0 Å². The monoisotopic (exact) mass is 192 g/mol. The van der Waals surface area contributed by atoms with Crippen LogP contribution in [0.3, 0.4) is 0 Å². The maximum atomic E-state index is 5.66. The lowest BCUT2D eigenvalue weighted by molar-refractivity contribution is 0.475. The van der Waals surface area contributed by atoms with Gasteiger partial charge in [0, 0.05) is 6.04 Å². The SMILES string of the molecule is CC(N)c1cn(Cc2ccco2)nn1. The second-order valence-corrected chi connectivity index (χ2v) is 3.21. The van der Waals surface area contributed by atoms with E-state index in [-0.39, 0.29) is 6.04 Å². The van der Waals surface area contributed by atoms with Crippen molar-refractivity contribution in [3.8, 4) is 0 Å². The molecule has 0 amide bonds. The summed E-state index contributed by atoms with van der Waals surface area (Å²) >= 11 is 0. The maximum Gasteiger partial charge on any atom is 0.125 e. The third-order valence-corrected chi connectivity index (χ3v) is 1.92. The number of nitrogens with two attached hydrogens (primary N) is 1. The second-order valence-electron chi connectivity index (χ2n) is 3.21. The highest BCUT2D eigenvalue weighted by Gasteiger charge is 2.05. The van der Waals surface area contributed by atoms with Gasteiger partial charge in [0.05, 0.1) is 18.2 Å². The summed E-state index contributed by atoms with van der Waals surface area (Å²) in [6.45, 7) is 2.47. The average Bonchev–Trinajstić information content (AvgIpc) is 2.75. The maximum absolute atomic E-state index is 5.66. The molecule has 1 atom stereocenters. The molecule has 0 radical (unpaired) electrons. The van der Waals surface area contributed by atoms with Crippen LogP contribution in [0, 0.1) is 0 Å². The Balaban J connectivity index is 2.11. The van der Waals surface area contributed by atoms with Gasteiger partial charge in [0.25, 0.3) is 0 Å². The van der Waals surface area contributed by atoms with Gasteiger partial charge in [-0.3, -0.25) is 0 Å². The van der Waals surface area contributed by atoms with Crippen LogP contribution in [0.2, 0.25) is 0 Å². The molecule has 0 aliphatic carbocycles. The van der Waals surface area contributed by atoms with Crippen LogP contribution in [-0.4, -0.2) is 15.0 Å². The van der Waals surface area contributed by atoms with Crippen molar-refractivity contribution in [1.29, 1.82) is 0 Å². The molecule has 0 fully saturated rings. The van der Waals surface area contributed by atoms with Crippen LogP contribution in [0.5, 0.6) is 0 Å². The molecule has 74 valence electrons. The van der Waals surface area contributed by atoms with E-state index < -0.39 is 0 Å². The highest BCUT2D eigenvalue weighted by molar-refractivity contribution is 5.02. The summed E-state index contributed by atoms with van der Waals surface area (Å²) in [6, 6.07) is 3.66. The van der Waals surface area contributed by atoms with Gasteiger partial charge in [0.2, 0.25) is 0 Å². The molecule has 5 nitrogen and oxygen atoms in total. The van der Waals surface area contributed by atoms with E-state index >= 15 is 0 Å². The van der Waals surface area contributed by atoms with E-state index in [1.165, 1.54) is 0 Å². The molecule has 0 saturated heterocycles. The van der Waals surface area contributed by atoms with Crippen LogP contribution in [0.1, 0.15) is 24.4 Å². The fourth-order valence-corrected chi connectivity index (χ4v) is 1.16. The van der Waals surface area contributed by atoms with Crippen molar-refractivity contribution in [3.05, 3.63) is 36.0 Å². The predicted octanol–water partition coefficient (Wildman–Crippen LogP) is 0.939. The molecule has 0 aliphatic heterocycles. The first-order valence-electron chi connectivity index (χ1n) is 4.43. The number of rotatable bonds is 3. The molecular formula is C9H12N4O. The topological polar surface area (TPSA) is 69.9 Å². The molecule has 0 spiro atoms. The Morgan fingerprint density at radius 1 is 1.64 bits per heavy atom. The average molecular weight is 192 g/mol. The molecule has 14 heavy (non-hydrogen) atoms. The van der Waals surface area contributed by atoms with Gasteiger partial charge in [-0.1, -0.05) is 5.21 Å². The Bertz CT molecular complexity index is 391. The van der Waals surface area contributed by atoms with Crippen molar-refractivity contribution < 1.29 is 4.42 Å². The highest BCUT2D eigenvalue weighted by Crippen LogP contribution is 2.06. The van der Waals surface area contributed by atoms with Gasteiger partial charge in [-0.15, -0.1) is 5.10 Å². The summed E-state index contributed by atoms with van der Waals surface area (Å²) < 4.78 is 6.89. The van der Waals surface area contributed by atoms with Crippen LogP contribution < -0.4 is 5.73 Å². The van der Waals surface area contributed by atoms with Crippen molar-refractivity contribution in [2.24, 2.45) is 5.73 Å². The van der Waals surface area contributed by atoms with Crippen molar-refractivity contribution in [2.45, 2.75) is 19.5 Å². The Morgan fingerprint density at radius 2 is 2.50 bits per heavy atom. The number of furan rings is 1. The molecule has 2 N–H and O–H groups in total. The molecule has 2 rings (SSSR count). The summed E-state index contributed by atoms with van der Waals surface area (Å²) in [6.07, 6.45) is 3.46. The third-order valence-electron chi connectivity index (χ3n) is 1.92. The summed E-state index contributed by atoms with van der Waals surface area (Å²) in [5.41, 5.74) is 6.45. The summed E-state index contributed by atoms with van der Waals surface area (Å²) in [7, 11) is 0. The molecule has 5 heteroatoms.